The number of carbonyl (C=O) groups excluding carboxylic acids is 1. The van der Waals surface area contributed by atoms with Crippen molar-refractivity contribution in [2.75, 3.05) is 20.1 Å². The first kappa shape index (κ1) is 15.2. The Balaban J connectivity index is 1.96. The third-order valence-corrected chi connectivity index (χ3v) is 3.72. The van der Waals surface area contributed by atoms with Gasteiger partial charge in [0.15, 0.2) is 0 Å². The van der Waals surface area contributed by atoms with E-state index in [1.165, 1.54) is 5.01 Å². The molecule has 0 saturated carbocycles. The van der Waals surface area contributed by atoms with Crippen molar-refractivity contribution in [3.8, 4) is 6.07 Å². The van der Waals surface area contributed by atoms with E-state index in [2.05, 4.69) is 11.2 Å². The third kappa shape index (κ3) is 3.89. The summed E-state index contributed by atoms with van der Waals surface area (Å²) < 4.78 is 0. The maximum atomic E-state index is 12.2. The minimum absolute atomic E-state index is 0.0202. The number of carbonyl (C=O) groups is 1. The third-order valence-electron chi connectivity index (χ3n) is 3.72. The summed E-state index contributed by atoms with van der Waals surface area (Å²) in [5.74, 6) is -0.0202. The number of likely N-dealkylation sites (N-methyl/N-ethyl adjacent to an activating group) is 1. The number of nitrogens with zero attached hydrogens (tertiary/aromatic N) is 4. The van der Waals surface area contributed by atoms with Gasteiger partial charge >= 0.3 is 0 Å². The standard InChI is InChI=1S/C16H20N4O/c1-13(8-10-17)19(2)12-16(21)20-11-9-15(18-20)14-6-4-3-5-7-14/h3-7,13H,8-9,11-12H2,1-2H3. The van der Waals surface area contributed by atoms with Crippen molar-refractivity contribution >= 4 is 11.6 Å². The number of benzene rings is 1. The molecule has 1 atom stereocenters. The fraction of sp³-hybridized carbons (Fsp3) is 0.438. The number of hydrogen-bond donors (Lipinski definition) is 0. The molecule has 5 nitrogen and oxygen atoms in total. The molecule has 21 heavy (non-hydrogen) atoms. The van der Waals surface area contributed by atoms with Gasteiger partial charge in [-0.25, -0.2) is 5.01 Å². The predicted octanol–water partition coefficient (Wildman–Crippen LogP) is 1.86. The van der Waals surface area contributed by atoms with E-state index >= 15 is 0 Å². The maximum Gasteiger partial charge on any atom is 0.256 e. The highest BCUT2D eigenvalue weighted by Crippen LogP contribution is 2.14. The molecular weight excluding hydrogens is 264 g/mol. The highest BCUT2D eigenvalue weighted by Gasteiger charge is 2.23. The van der Waals surface area contributed by atoms with E-state index in [1.54, 1.807) is 0 Å². The molecule has 0 spiro atoms. The van der Waals surface area contributed by atoms with Crippen molar-refractivity contribution in [2.45, 2.75) is 25.8 Å². The van der Waals surface area contributed by atoms with Gasteiger partial charge in [0.05, 0.1) is 31.3 Å². The molecule has 1 aromatic carbocycles. The van der Waals surface area contributed by atoms with Crippen LogP contribution in [0.4, 0.5) is 0 Å². The van der Waals surface area contributed by atoms with Gasteiger partial charge in [0.25, 0.3) is 5.91 Å². The van der Waals surface area contributed by atoms with Crippen molar-refractivity contribution in [2.24, 2.45) is 5.10 Å². The Morgan fingerprint density at radius 3 is 2.86 bits per heavy atom. The number of nitriles is 1. The van der Waals surface area contributed by atoms with Gasteiger partial charge in [-0.05, 0) is 19.5 Å². The van der Waals surface area contributed by atoms with E-state index in [4.69, 9.17) is 5.26 Å². The van der Waals surface area contributed by atoms with Crippen LogP contribution in [0.25, 0.3) is 0 Å². The average molecular weight is 284 g/mol. The van der Waals surface area contributed by atoms with E-state index in [0.29, 0.717) is 13.0 Å². The largest absolute Gasteiger partial charge is 0.294 e. The highest BCUT2D eigenvalue weighted by molar-refractivity contribution is 6.02. The Morgan fingerprint density at radius 2 is 2.19 bits per heavy atom. The highest BCUT2D eigenvalue weighted by atomic mass is 16.2. The summed E-state index contributed by atoms with van der Waals surface area (Å²) in [6.07, 6.45) is 1.20. The minimum atomic E-state index is -0.0202. The summed E-state index contributed by atoms with van der Waals surface area (Å²) in [5.41, 5.74) is 2.02. The van der Waals surface area contributed by atoms with E-state index in [1.807, 2.05) is 49.2 Å². The van der Waals surface area contributed by atoms with Crippen molar-refractivity contribution in [1.29, 1.82) is 5.26 Å². The van der Waals surface area contributed by atoms with Crippen LogP contribution in [-0.4, -0.2) is 47.7 Å². The average Bonchev–Trinajstić information content (AvgIpc) is 2.98. The fourth-order valence-electron chi connectivity index (χ4n) is 2.21. The van der Waals surface area contributed by atoms with E-state index in [0.717, 1.165) is 17.7 Å². The summed E-state index contributed by atoms with van der Waals surface area (Å²) in [6.45, 7) is 2.86. The van der Waals surface area contributed by atoms with Gasteiger partial charge in [0.2, 0.25) is 0 Å². The molecule has 1 unspecified atom stereocenters. The van der Waals surface area contributed by atoms with Crippen LogP contribution in [0, 0.1) is 11.3 Å². The van der Waals surface area contributed by atoms with Gasteiger partial charge in [-0.3, -0.25) is 9.69 Å². The molecule has 0 fully saturated rings. The molecule has 0 aromatic heterocycles. The van der Waals surface area contributed by atoms with Crippen LogP contribution in [0.3, 0.4) is 0 Å². The number of rotatable bonds is 5. The van der Waals surface area contributed by atoms with Gasteiger partial charge in [-0.2, -0.15) is 10.4 Å². The summed E-state index contributed by atoms with van der Waals surface area (Å²) in [6, 6.07) is 12.1. The molecule has 0 bridgehead atoms. The Bertz CT molecular complexity index is 561. The molecule has 5 heteroatoms. The molecule has 1 heterocycles. The monoisotopic (exact) mass is 284 g/mol. The second kappa shape index (κ2) is 7.00. The lowest BCUT2D eigenvalue weighted by molar-refractivity contribution is -0.132. The first-order chi connectivity index (χ1) is 10.1. The molecule has 0 aliphatic carbocycles. The van der Waals surface area contributed by atoms with Crippen LogP contribution in [0.1, 0.15) is 25.3 Å². The van der Waals surface area contributed by atoms with Gasteiger partial charge in [0, 0.05) is 12.5 Å². The number of hydrogen-bond acceptors (Lipinski definition) is 4. The molecular formula is C16H20N4O. The summed E-state index contributed by atoms with van der Waals surface area (Å²) >= 11 is 0. The zero-order valence-electron chi connectivity index (χ0n) is 12.5. The molecule has 0 radical (unpaired) electrons. The maximum absolute atomic E-state index is 12.2. The molecule has 1 aliphatic heterocycles. The molecule has 0 saturated heterocycles. The fourth-order valence-corrected chi connectivity index (χ4v) is 2.21. The molecule has 1 aromatic rings. The van der Waals surface area contributed by atoms with E-state index in [9.17, 15) is 4.79 Å². The number of hydrazone groups is 1. The van der Waals surface area contributed by atoms with Crippen LogP contribution < -0.4 is 0 Å². The smallest absolute Gasteiger partial charge is 0.256 e. The molecule has 0 N–H and O–H groups in total. The summed E-state index contributed by atoms with van der Waals surface area (Å²) in [7, 11) is 1.86. The topological polar surface area (TPSA) is 59.7 Å². The minimum Gasteiger partial charge on any atom is -0.294 e. The molecule has 1 amide bonds. The molecule has 110 valence electrons. The normalized spacial score (nSPS) is 15.7. The van der Waals surface area contributed by atoms with Crippen molar-refractivity contribution < 1.29 is 4.79 Å². The quantitative estimate of drug-likeness (QED) is 0.829. The van der Waals surface area contributed by atoms with Gasteiger partial charge in [0.1, 0.15) is 0 Å². The predicted molar refractivity (Wildman–Crippen MR) is 81.6 cm³/mol. The number of amides is 1. The molecule has 1 aliphatic rings. The lowest BCUT2D eigenvalue weighted by Crippen LogP contribution is -2.39. The van der Waals surface area contributed by atoms with Gasteiger partial charge < -0.3 is 0 Å². The lowest BCUT2D eigenvalue weighted by atomic mass is 10.1. The van der Waals surface area contributed by atoms with E-state index in [-0.39, 0.29) is 18.5 Å². The Morgan fingerprint density at radius 1 is 1.48 bits per heavy atom. The molecule has 2 rings (SSSR count). The first-order valence-corrected chi connectivity index (χ1v) is 7.12. The Hall–Kier alpha value is -2.19. The van der Waals surface area contributed by atoms with Gasteiger partial charge in [-0.1, -0.05) is 30.3 Å². The lowest BCUT2D eigenvalue weighted by Gasteiger charge is -2.23. The SMILES string of the molecule is CC(CC#N)N(C)CC(=O)N1CCC(c2ccccc2)=N1. The second-order valence-corrected chi connectivity index (χ2v) is 5.31. The zero-order chi connectivity index (χ0) is 15.2. The van der Waals surface area contributed by atoms with Crippen LogP contribution in [0.5, 0.6) is 0 Å². The zero-order valence-corrected chi connectivity index (χ0v) is 12.5. The van der Waals surface area contributed by atoms with Crippen molar-refractivity contribution in [3.63, 3.8) is 0 Å². The first-order valence-electron chi connectivity index (χ1n) is 7.12. The van der Waals surface area contributed by atoms with Crippen molar-refractivity contribution in [3.05, 3.63) is 35.9 Å². The van der Waals surface area contributed by atoms with Crippen LogP contribution in [0.15, 0.2) is 35.4 Å². The van der Waals surface area contributed by atoms with Crippen LogP contribution in [0.2, 0.25) is 0 Å². The van der Waals surface area contributed by atoms with Crippen LogP contribution in [-0.2, 0) is 4.79 Å². The second-order valence-electron chi connectivity index (χ2n) is 5.31. The van der Waals surface area contributed by atoms with Crippen molar-refractivity contribution in [1.82, 2.24) is 9.91 Å². The Kier molecular flexibility index (Phi) is 5.07. The Labute approximate surface area is 125 Å². The summed E-state index contributed by atoms with van der Waals surface area (Å²) in [4.78, 5) is 14.1. The van der Waals surface area contributed by atoms with Crippen LogP contribution >= 0.6 is 0 Å². The summed E-state index contributed by atoms with van der Waals surface area (Å²) in [5, 5.41) is 14.7. The van der Waals surface area contributed by atoms with Gasteiger partial charge in [-0.15, -0.1) is 0 Å². The van der Waals surface area contributed by atoms with E-state index < -0.39 is 0 Å².